The van der Waals surface area contributed by atoms with Gasteiger partial charge in [0.1, 0.15) is 0 Å². The van der Waals surface area contributed by atoms with Crippen LogP contribution < -0.4 is 5.32 Å². The third-order valence-corrected chi connectivity index (χ3v) is 3.11. The highest BCUT2D eigenvalue weighted by Gasteiger charge is 2.05. The molecule has 100 valence electrons. The fourth-order valence-corrected chi connectivity index (χ4v) is 1.90. The van der Waals surface area contributed by atoms with E-state index in [0.717, 1.165) is 17.9 Å². The van der Waals surface area contributed by atoms with Crippen LogP contribution in [0, 0.1) is 0 Å². The van der Waals surface area contributed by atoms with Crippen LogP contribution in [0.15, 0.2) is 36.7 Å². The molecule has 0 atom stereocenters. The van der Waals surface area contributed by atoms with Crippen LogP contribution >= 0.6 is 11.6 Å². The predicted octanol–water partition coefficient (Wildman–Crippen LogP) is 3.03. The zero-order chi connectivity index (χ0) is 13.7. The number of amides is 1. The van der Waals surface area contributed by atoms with Crippen LogP contribution in [-0.2, 0) is 18.3 Å². The van der Waals surface area contributed by atoms with Gasteiger partial charge in [-0.3, -0.25) is 10.1 Å². The van der Waals surface area contributed by atoms with Crippen LogP contribution in [0.3, 0.4) is 0 Å². The van der Waals surface area contributed by atoms with E-state index in [4.69, 9.17) is 11.6 Å². The maximum atomic E-state index is 11.7. The van der Waals surface area contributed by atoms with E-state index in [0.29, 0.717) is 12.4 Å². The molecule has 0 unspecified atom stereocenters. The third-order valence-electron chi connectivity index (χ3n) is 2.85. The van der Waals surface area contributed by atoms with Crippen LogP contribution in [0.5, 0.6) is 0 Å². The van der Waals surface area contributed by atoms with E-state index >= 15 is 0 Å². The van der Waals surface area contributed by atoms with Gasteiger partial charge in [0.25, 0.3) is 0 Å². The number of anilines is 1. The summed E-state index contributed by atoms with van der Waals surface area (Å²) in [6, 6.07) is 7.70. The van der Waals surface area contributed by atoms with Crippen molar-refractivity contribution >= 4 is 23.5 Å². The molecule has 4 nitrogen and oxygen atoms in total. The summed E-state index contributed by atoms with van der Waals surface area (Å²) in [6.45, 7) is 0. The number of rotatable bonds is 5. The first-order chi connectivity index (χ1) is 9.15. The van der Waals surface area contributed by atoms with Gasteiger partial charge in [0.05, 0.1) is 0 Å². The first-order valence-electron chi connectivity index (χ1n) is 6.17. The summed E-state index contributed by atoms with van der Waals surface area (Å²) in [5.41, 5.74) is 1.19. The number of hydrogen-bond donors (Lipinski definition) is 1. The number of imidazole rings is 1. The Morgan fingerprint density at radius 1 is 1.37 bits per heavy atom. The van der Waals surface area contributed by atoms with Crippen molar-refractivity contribution in [2.75, 3.05) is 5.32 Å². The Kier molecular flexibility index (Phi) is 4.58. The van der Waals surface area contributed by atoms with Crippen LogP contribution in [-0.4, -0.2) is 15.5 Å². The highest BCUT2D eigenvalue weighted by molar-refractivity contribution is 6.30. The number of hydrogen-bond acceptors (Lipinski definition) is 2. The molecule has 1 aromatic heterocycles. The van der Waals surface area contributed by atoms with E-state index in [1.54, 1.807) is 17.0 Å². The van der Waals surface area contributed by atoms with Crippen molar-refractivity contribution in [3.63, 3.8) is 0 Å². The van der Waals surface area contributed by atoms with Gasteiger partial charge in [-0.1, -0.05) is 23.7 Å². The number of halogens is 1. The maximum Gasteiger partial charge on any atom is 0.226 e. The number of aryl methyl sites for hydroxylation is 2. The number of carbonyl (C=O) groups is 1. The van der Waals surface area contributed by atoms with Crippen molar-refractivity contribution in [3.05, 3.63) is 47.2 Å². The number of aromatic nitrogens is 2. The molecule has 0 aliphatic heterocycles. The maximum absolute atomic E-state index is 11.7. The lowest BCUT2D eigenvalue weighted by molar-refractivity contribution is -0.116. The van der Waals surface area contributed by atoms with Crippen LogP contribution in [0.2, 0.25) is 5.02 Å². The van der Waals surface area contributed by atoms with Crippen molar-refractivity contribution in [1.29, 1.82) is 0 Å². The molecule has 2 rings (SSSR count). The van der Waals surface area contributed by atoms with Crippen LogP contribution in [0.4, 0.5) is 5.95 Å². The summed E-state index contributed by atoms with van der Waals surface area (Å²) in [4.78, 5) is 15.8. The van der Waals surface area contributed by atoms with E-state index in [1.807, 2.05) is 31.3 Å². The van der Waals surface area contributed by atoms with Gasteiger partial charge in [-0.05, 0) is 30.5 Å². The average molecular weight is 278 g/mol. The first kappa shape index (κ1) is 13.6. The molecule has 0 radical (unpaired) electrons. The van der Waals surface area contributed by atoms with Gasteiger partial charge >= 0.3 is 0 Å². The smallest absolute Gasteiger partial charge is 0.226 e. The van der Waals surface area contributed by atoms with Gasteiger partial charge in [0, 0.05) is 30.9 Å². The highest BCUT2D eigenvalue weighted by Crippen LogP contribution is 2.12. The molecule has 0 saturated heterocycles. The summed E-state index contributed by atoms with van der Waals surface area (Å²) in [5.74, 6) is 0.569. The summed E-state index contributed by atoms with van der Waals surface area (Å²) >= 11 is 5.82. The van der Waals surface area contributed by atoms with Gasteiger partial charge in [-0.2, -0.15) is 0 Å². The molecule has 0 saturated carbocycles. The molecule has 0 spiro atoms. The van der Waals surface area contributed by atoms with Gasteiger partial charge in [0.15, 0.2) is 0 Å². The fraction of sp³-hybridized carbons (Fsp3) is 0.286. The second-order valence-corrected chi connectivity index (χ2v) is 4.83. The monoisotopic (exact) mass is 277 g/mol. The van der Waals surface area contributed by atoms with E-state index in [2.05, 4.69) is 10.3 Å². The summed E-state index contributed by atoms with van der Waals surface area (Å²) in [6.07, 6.45) is 5.60. The van der Waals surface area contributed by atoms with Crippen molar-refractivity contribution < 1.29 is 4.79 Å². The van der Waals surface area contributed by atoms with Gasteiger partial charge < -0.3 is 4.57 Å². The van der Waals surface area contributed by atoms with E-state index in [-0.39, 0.29) is 5.91 Å². The normalized spacial score (nSPS) is 10.4. The van der Waals surface area contributed by atoms with E-state index in [1.165, 1.54) is 5.56 Å². The quantitative estimate of drug-likeness (QED) is 0.913. The molecule has 0 aliphatic rings. The highest BCUT2D eigenvalue weighted by atomic mass is 35.5. The molecule has 0 fully saturated rings. The van der Waals surface area contributed by atoms with Crippen molar-refractivity contribution in [1.82, 2.24) is 9.55 Å². The van der Waals surface area contributed by atoms with E-state index < -0.39 is 0 Å². The number of nitrogens with zero attached hydrogens (tertiary/aromatic N) is 2. The minimum Gasteiger partial charge on any atom is -0.320 e. The Bertz CT molecular complexity index is 548. The minimum absolute atomic E-state index is 0.0109. The summed E-state index contributed by atoms with van der Waals surface area (Å²) in [5, 5.41) is 3.51. The topological polar surface area (TPSA) is 46.9 Å². The lowest BCUT2D eigenvalue weighted by Gasteiger charge is -2.05. The van der Waals surface area contributed by atoms with Crippen molar-refractivity contribution in [3.8, 4) is 0 Å². The van der Waals surface area contributed by atoms with Gasteiger partial charge in [0.2, 0.25) is 11.9 Å². The lowest BCUT2D eigenvalue weighted by Crippen LogP contribution is -2.14. The molecule has 0 bridgehead atoms. The van der Waals surface area contributed by atoms with Crippen LogP contribution in [0.25, 0.3) is 0 Å². The predicted molar refractivity (Wildman–Crippen MR) is 76.2 cm³/mol. The Labute approximate surface area is 117 Å². The minimum atomic E-state index is -0.0109. The number of benzene rings is 1. The van der Waals surface area contributed by atoms with Gasteiger partial charge in [-0.25, -0.2) is 4.98 Å². The average Bonchev–Trinajstić information content (AvgIpc) is 2.78. The standard InChI is InChI=1S/C14H16ClN3O/c1-18-10-9-16-14(18)17-13(19)4-2-3-11-5-7-12(15)8-6-11/h5-10H,2-4H2,1H3,(H,16,17,19). The Morgan fingerprint density at radius 3 is 2.74 bits per heavy atom. The zero-order valence-corrected chi connectivity index (χ0v) is 11.5. The number of nitrogens with one attached hydrogen (secondary N) is 1. The lowest BCUT2D eigenvalue weighted by atomic mass is 10.1. The van der Waals surface area contributed by atoms with Crippen molar-refractivity contribution in [2.45, 2.75) is 19.3 Å². The van der Waals surface area contributed by atoms with Crippen molar-refractivity contribution in [2.24, 2.45) is 7.05 Å². The summed E-state index contributed by atoms with van der Waals surface area (Å²) < 4.78 is 1.77. The fourth-order valence-electron chi connectivity index (χ4n) is 1.78. The first-order valence-corrected chi connectivity index (χ1v) is 6.54. The molecule has 1 heterocycles. The molecule has 1 amide bonds. The molecule has 5 heteroatoms. The SMILES string of the molecule is Cn1ccnc1NC(=O)CCCc1ccc(Cl)cc1. The molecule has 1 aromatic carbocycles. The Hall–Kier alpha value is -1.81. The molecular weight excluding hydrogens is 262 g/mol. The molecular formula is C14H16ClN3O. The second-order valence-electron chi connectivity index (χ2n) is 4.39. The van der Waals surface area contributed by atoms with E-state index in [9.17, 15) is 4.79 Å². The third kappa shape index (κ3) is 4.10. The Balaban J connectivity index is 1.75. The molecule has 2 aromatic rings. The number of carbonyl (C=O) groups excluding carboxylic acids is 1. The second kappa shape index (κ2) is 6.38. The summed E-state index contributed by atoms with van der Waals surface area (Å²) in [7, 11) is 1.84. The largest absolute Gasteiger partial charge is 0.320 e. The molecule has 0 aliphatic carbocycles. The molecule has 1 N–H and O–H groups in total. The zero-order valence-electron chi connectivity index (χ0n) is 10.8. The Morgan fingerprint density at radius 2 is 2.11 bits per heavy atom. The van der Waals surface area contributed by atoms with Gasteiger partial charge in [-0.15, -0.1) is 0 Å². The molecule has 19 heavy (non-hydrogen) atoms. The van der Waals surface area contributed by atoms with Crippen LogP contribution in [0.1, 0.15) is 18.4 Å².